The summed E-state index contributed by atoms with van der Waals surface area (Å²) in [6, 6.07) is 16.8. The Bertz CT molecular complexity index is 1260. The molecule has 1 heterocycles. The molecule has 3 aromatic carbocycles. The molecule has 5 rings (SSSR count). The van der Waals surface area contributed by atoms with Crippen LogP contribution in [-0.2, 0) is 16.0 Å². The van der Waals surface area contributed by atoms with Crippen LogP contribution in [0.1, 0.15) is 41.1 Å². The summed E-state index contributed by atoms with van der Waals surface area (Å²) >= 11 is 0. The molecule has 0 bridgehead atoms. The van der Waals surface area contributed by atoms with Crippen LogP contribution in [0.2, 0.25) is 0 Å². The Balaban J connectivity index is 1.30. The summed E-state index contributed by atoms with van der Waals surface area (Å²) < 4.78 is 5.62. The fourth-order valence-corrected chi connectivity index (χ4v) is 5.17. The minimum absolute atomic E-state index is 0.0756. The maximum Gasteiger partial charge on any atom is 0.407 e. The van der Waals surface area contributed by atoms with Crippen molar-refractivity contribution in [3.8, 4) is 22.6 Å². The number of fused-ring (bicyclic) bond motifs is 4. The van der Waals surface area contributed by atoms with Crippen LogP contribution in [-0.4, -0.2) is 46.1 Å². The monoisotopic (exact) mass is 474 g/mol. The number of phenols is 2. The van der Waals surface area contributed by atoms with Gasteiger partial charge in [0.15, 0.2) is 11.5 Å². The first kappa shape index (κ1) is 22.7. The van der Waals surface area contributed by atoms with E-state index in [1.54, 1.807) is 6.92 Å². The van der Waals surface area contributed by atoms with Crippen molar-refractivity contribution in [2.45, 2.75) is 37.4 Å². The third-order valence-electron chi connectivity index (χ3n) is 6.86. The molecule has 0 saturated carbocycles. The number of benzene rings is 3. The van der Waals surface area contributed by atoms with Gasteiger partial charge in [0, 0.05) is 12.0 Å². The highest BCUT2D eigenvalue weighted by Gasteiger charge is 2.35. The molecular formula is C27H26N2O6. The largest absolute Gasteiger partial charge is 0.504 e. The van der Waals surface area contributed by atoms with Crippen molar-refractivity contribution in [1.82, 2.24) is 10.6 Å². The number of hydrogen-bond acceptors (Lipinski definition) is 6. The van der Waals surface area contributed by atoms with E-state index < -0.39 is 30.2 Å². The average molecular weight is 475 g/mol. The lowest BCUT2D eigenvalue weighted by Gasteiger charge is -2.35. The van der Waals surface area contributed by atoms with Gasteiger partial charge in [-0.25, -0.2) is 4.79 Å². The van der Waals surface area contributed by atoms with Gasteiger partial charge in [-0.1, -0.05) is 48.5 Å². The zero-order valence-corrected chi connectivity index (χ0v) is 19.1. The van der Waals surface area contributed by atoms with Gasteiger partial charge in [-0.05, 0) is 58.9 Å². The van der Waals surface area contributed by atoms with Gasteiger partial charge in [0.2, 0.25) is 0 Å². The molecule has 1 aliphatic carbocycles. The quantitative estimate of drug-likeness (QED) is 0.357. The first-order chi connectivity index (χ1) is 16.8. The molecule has 1 aliphatic heterocycles. The predicted octanol–water partition coefficient (Wildman–Crippen LogP) is 3.67. The van der Waals surface area contributed by atoms with Crippen LogP contribution >= 0.6 is 0 Å². The van der Waals surface area contributed by atoms with E-state index in [-0.39, 0.29) is 30.4 Å². The second-order valence-corrected chi connectivity index (χ2v) is 9.04. The normalized spacial score (nSPS) is 19.2. The zero-order valence-electron chi connectivity index (χ0n) is 19.1. The van der Waals surface area contributed by atoms with Gasteiger partial charge < -0.3 is 25.4 Å². The molecule has 2 aliphatic rings. The van der Waals surface area contributed by atoms with Crippen molar-refractivity contribution >= 4 is 12.1 Å². The van der Waals surface area contributed by atoms with Gasteiger partial charge in [0.1, 0.15) is 12.6 Å². The van der Waals surface area contributed by atoms with Gasteiger partial charge in [0.05, 0.1) is 6.04 Å². The summed E-state index contributed by atoms with van der Waals surface area (Å²) in [4.78, 5) is 24.4. The predicted molar refractivity (Wildman–Crippen MR) is 128 cm³/mol. The molecule has 0 spiro atoms. The second kappa shape index (κ2) is 8.96. The van der Waals surface area contributed by atoms with E-state index in [4.69, 9.17) is 4.74 Å². The molecule has 3 aromatic rings. The Labute approximate surface area is 202 Å². The van der Waals surface area contributed by atoms with E-state index in [9.17, 15) is 24.9 Å². The fraction of sp³-hybridized carbons (Fsp3) is 0.259. The Morgan fingerprint density at radius 2 is 1.60 bits per heavy atom. The van der Waals surface area contributed by atoms with Crippen molar-refractivity contribution in [3.05, 3.63) is 82.9 Å². The highest BCUT2D eigenvalue weighted by molar-refractivity contribution is 5.79. The molecular weight excluding hydrogens is 448 g/mol. The topological polar surface area (TPSA) is 128 Å². The Morgan fingerprint density at radius 1 is 1.00 bits per heavy atom. The zero-order chi connectivity index (χ0) is 24.7. The maximum absolute atomic E-state index is 12.8. The minimum Gasteiger partial charge on any atom is -0.504 e. The number of amides is 1. The fourth-order valence-electron chi connectivity index (χ4n) is 5.17. The van der Waals surface area contributed by atoms with E-state index in [1.165, 1.54) is 12.1 Å². The van der Waals surface area contributed by atoms with Crippen LogP contribution in [0.15, 0.2) is 60.7 Å². The van der Waals surface area contributed by atoms with Gasteiger partial charge in [-0.15, -0.1) is 0 Å². The number of aromatic hydroxyl groups is 2. The number of carboxylic acid groups (broad SMARTS) is 1. The SMILES string of the molecule is C[C@H](NC(=O)OCC1c2ccccc2-c2ccccc21)[C@@H]1N[C@H](C(=O)O)Cc2cc(O)c(O)cc21. The standard InChI is InChI=1S/C27H26N2O6/c1-14(25-20-12-24(31)23(30)11-15(20)10-22(29-25)26(32)33)28-27(34)35-13-21-18-8-4-2-6-16(18)17-7-3-5-9-19(17)21/h2-9,11-12,14,21-22,25,29-31H,10,13H2,1H3,(H,28,34)(H,32,33)/t14-,22-,25-/m0/s1. The minimum atomic E-state index is -1.04. The van der Waals surface area contributed by atoms with Gasteiger partial charge in [-0.3, -0.25) is 10.1 Å². The van der Waals surface area contributed by atoms with Crippen LogP contribution in [0, 0.1) is 0 Å². The lowest BCUT2D eigenvalue weighted by Crippen LogP contribution is -2.52. The molecule has 1 amide bonds. The second-order valence-electron chi connectivity index (χ2n) is 9.04. The van der Waals surface area contributed by atoms with Crippen molar-refractivity contribution in [2.24, 2.45) is 0 Å². The number of aliphatic carboxylic acids is 1. The third kappa shape index (κ3) is 4.17. The van der Waals surface area contributed by atoms with E-state index in [2.05, 4.69) is 22.8 Å². The van der Waals surface area contributed by atoms with E-state index >= 15 is 0 Å². The highest BCUT2D eigenvalue weighted by Crippen LogP contribution is 2.44. The summed E-state index contributed by atoms with van der Waals surface area (Å²) in [6.07, 6.45) is -0.477. The van der Waals surface area contributed by atoms with Crippen molar-refractivity contribution < 1.29 is 29.6 Å². The number of nitrogens with one attached hydrogen (secondary N) is 2. The van der Waals surface area contributed by atoms with Crippen LogP contribution in [0.3, 0.4) is 0 Å². The number of phenolic OH excluding ortho intramolecular Hbond substituents is 2. The summed E-state index contributed by atoms with van der Waals surface area (Å²) in [7, 11) is 0. The lowest BCUT2D eigenvalue weighted by atomic mass is 9.86. The smallest absolute Gasteiger partial charge is 0.407 e. The Kier molecular flexibility index (Phi) is 5.82. The molecule has 0 saturated heterocycles. The first-order valence-corrected chi connectivity index (χ1v) is 11.5. The number of alkyl carbamates (subject to hydrolysis) is 1. The number of carboxylic acids is 1. The number of rotatable bonds is 5. The number of carbonyl (C=O) groups excluding carboxylic acids is 1. The van der Waals surface area contributed by atoms with Crippen molar-refractivity contribution in [1.29, 1.82) is 0 Å². The molecule has 0 aromatic heterocycles. The van der Waals surface area contributed by atoms with E-state index in [0.29, 0.717) is 11.1 Å². The number of ether oxygens (including phenoxy) is 1. The molecule has 8 nitrogen and oxygen atoms in total. The number of carbonyl (C=O) groups is 2. The third-order valence-corrected chi connectivity index (χ3v) is 6.86. The molecule has 0 unspecified atom stereocenters. The van der Waals surface area contributed by atoms with Crippen molar-refractivity contribution in [2.75, 3.05) is 6.61 Å². The molecule has 3 atom stereocenters. The summed E-state index contributed by atoms with van der Waals surface area (Å²) in [5, 5.41) is 35.2. The first-order valence-electron chi connectivity index (χ1n) is 11.5. The van der Waals surface area contributed by atoms with Gasteiger partial charge in [-0.2, -0.15) is 0 Å². The molecule has 0 fully saturated rings. The van der Waals surface area contributed by atoms with Crippen molar-refractivity contribution in [3.63, 3.8) is 0 Å². The maximum atomic E-state index is 12.8. The lowest BCUT2D eigenvalue weighted by molar-refractivity contribution is -0.139. The van der Waals surface area contributed by atoms with Crippen LogP contribution in [0.25, 0.3) is 11.1 Å². The molecule has 35 heavy (non-hydrogen) atoms. The van der Waals surface area contributed by atoms with Crippen LogP contribution in [0.4, 0.5) is 4.79 Å². The Morgan fingerprint density at radius 3 is 2.23 bits per heavy atom. The summed E-state index contributed by atoms with van der Waals surface area (Å²) in [5.41, 5.74) is 5.70. The van der Waals surface area contributed by atoms with Gasteiger partial charge in [0.25, 0.3) is 0 Å². The van der Waals surface area contributed by atoms with E-state index in [0.717, 1.165) is 22.3 Å². The molecule has 5 N–H and O–H groups in total. The molecule has 180 valence electrons. The molecule has 8 heteroatoms. The highest BCUT2D eigenvalue weighted by atomic mass is 16.5. The van der Waals surface area contributed by atoms with Gasteiger partial charge >= 0.3 is 12.1 Å². The summed E-state index contributed by atoms with van der Waals surface area (Å²) in [6.45, 7) is 1.89. The summed E-state index contributed by atoms with van der Waals surface area (Å²) in [5.74, 6) is -1.74. The molecule has 0 radical (unpaired) electrons. The van der Waals surface area contributed by atoms with E-state index in [1.807, 2.05) is 36.4 Å². The van der Waals surface area contributed by atoms with Crippen LogP contribution in [0.5, 0.6) is 11.5 Å². The number of hydrogen-bond donors (Lipinski definition) is 5. The van der Waals surface area contributed by atoms with Crippen LogP contribution < -0.4 is 10.6 Å². The average Bonchev–Trinajstić information content (AvgIpc) is 3.16. The Hall–Kier alpha value is -4.04.